The van der Waals surface area contributed by atoms with Gasteiger partial charge in [0.1, 0.15) is 12.0 Å². The molecule has 0 saturated carbocycles. The summed E-state index contributed by atoms with van der Waals surface area (Å²) < 4.78 is 13.1. The number of fused-ring (bicyclic) bond motifs is 1. The third-order valence-corrected chi connectivity index (χ3v) is 3.53. The Hall–Kier alpha value is -2.62. The Balaban J connectivity index is 2.04. The highest BCUT2D eigenvalue weighted by Crippen LogP contribution is 2.32. The molecule has 106 valence electrons. The summed E-state index contributed by atoms with van der Waals surface area (Å²) in [6.45, 7) is 4.12. The standard InChI is InChI=1S/C17H15FN2O/c1-2-11-20-16(12-7-9-13(18)10-8-12)19-15-6-4-3-5-14(15)17(20)21/h2-10,16,19H,1,11H2. The first-order valence-corrected chi connectivity index (χ1v) is 6.73. The van der Waals surface area contributed by atoms with E-state index in [-0.39, 0.29) is 17.9 Å². The molecule has 0 aromatic heterocycles. The van der Waals surface area contributed by atoms with Crippen molar-refractivity contribution in [1.29, 1.82) is 0 Å². The highest BCUT2D eigenvalue weighted by atomic mass is 19.1. The van der Waals surface area contributed by atoms with Crippen molar-refractivity contribution in [3.05, 3.63) is 78.1 Å². The first kappa shape index (κ1) is 13.4. The lowest BCUT2D eigenvalue weighted by atomic mass is 10.0. The van der Waals surface area contributed by atoms with Crippen LogP contribution < -0.4 is 5.32 Å². The minimum Gasteiger partial charge on any atom is -0.361 e. The van der Waals surface area contributed by atoms with E-state index in [0.717, 1.165) is 11.3 Å². The van der Waals surface area contributed by atoms with Crippen LogP contribution in [0.25, 0.3) is 0 Å². The maximum Gasteiger partial charge on any atom is 0.258 e. The molecule has 2 aromatic rings. The number of rotatable bonds is 3. The van der Waals surface area contributed by atoms with Crippen molar-refractivity contribution < 1.29 is 9.18 Å². The number of benzene rings is 2. The molecule has 1 atom stereocenters. The molecule has 1 N–H and O–H groups in total. The zero-order valence-electron chi connectivity index (χ0n) is 11.4. The predicted molar refractivity (Wildman–Crippen MR) is 80.4 cm³/mol. The summed E-state index contributed by atoms with van der Waals surface area (Å²) in [6.07, 6.45) is 1.36. The normalized spacial score (nSPS) is 17.1. The van der Waals surface area contributed by atoms with E-state index in [0.29, 0.717) is 12.1 Å². The maximum absolute atomic E-state index is 13.1. The molecular formula is C17H15FN2O. The first-order chi connectivity index (χ1) is 10.2. The second kappa shape index (κ2) is 5.40. The van der Waals surface area contributed by atoms with Crippen molar-refractivity contribution in [1.82, 2.24) is 4.90 Å². The minimum atomic E-state index is -0.328. The quantitative estimate of drug-likeness (QED) is 0.873. The van der Waals surface area contributed by atoms with E-state index in [1.807, 2.05) is 18.2 Å². The second-order valence-corrected chi connectivity index (χ2v) is 4.89. The Labute approximate surface area is 122 Å². The fourth-order valence-electron chi connectivity index (χ4n) is 2.53. The Kier molecular flexibility index (Phi) is 3.44. The Morgan fingerprint density at radius 1 is 1.19 bits per heavy atom. The molecule has 0 saturated heterocycles. The molecule has 1 amide bonds. The predicted octanol–water partition coefficient (Wildman–Crippen LogP) is 3.58. The van der Waals surface area contributed by atoms with E-state index >= 15 is 0 Å². The van der Waals surface area contributed by atoms with E-state index in [2.05, 4.69) is 11.9 Å². The van der Waals surface area contributed by atoms with Crippen LogP contribution in [0.2, 0.25) is 0 Å². The summed E-state index contributed by atoms with van der Waals surface area (Å²) in [5.41, 5.74) is 2.26. The maximum atomic E-state index is 13.1. The number of halogens is 1. The molecule has 4 heteroatoms. The summed E-state index contributed by atoms with van der Waals surface area (Å²) in [6, 6.07) is 13.5. The molecule has 3 nitrogen and oxygen atoms in total. The second-order valence-electron chi connectivity index (χ2n) is 4.89. The van der Waals surface area contributed by atoms with Gasteiger partial charge < -0.3 is 10.2 Å². The third-order valence-electron chi connectivity index (χ3n) is 3.53. The van der Waals surface area contributed by atoms with E-state index in [9.17, 15) is 9.18 Å². The van der Waals surface area contributed by atoms with Crippen molar-refractivity contribution in [3.63, 3.8) is 0 Å². The number of carbonyl (C=O) groups is 1. The smallest absolute Gasteiger partial charge is 0.258 e. The molecular weight excluding hydrogens is 267 g/mol. The molecule has 2 aromatic carbocycles. The lowest BCUT2D eigenvalue weighted by Crippen LogP contribution is -2.42. The van der Waals surface area contributed by atoms with Crippen LogP contribution >= 0.6 is 0 Å². The molecule has 3 rings (SSSR count). The van der Waals surface area contributed by atoms with Gasteiger partial charge >= 0.3 is 0 Å². The van der Waals surface area contributed by atoms with Crippen LogP contribution in [0.15, 0.2) is 61.2 Å². The molecule has 0 fully saturated rings. The number of hydrogen-bond acceptors (Lipinski definition) is 2. The molecule has 1 aliphatic heterocycles. The average Bonchev–Trinajstić information content (AvgIpc) is 2.51. The summed E-state index contributed by atoms with van der Waals surface area (Å²) >= 11 is 0. The fourth-order valence-corrected chi connectivity index (χ4v) is 2.53. The van der Waals surface area contributed by atoms with Crippen molar-refractivity contribution in [2.24, 2.45) is 0 Å². The number of para-hydroxylation sites is 1. The SMILES string of the molecule is C=CCN1C(=O)c2ccccc2NC1c1ccc(F)cc1. The van der Waals surface area contributed by atoms with Crippen molar-refractivity contribution in [2.45, 2.75) is 6.17 Å². The summed E-state index contributed by atoms with van der Waals surface area (Å²) in [4.78, 5) is 14.3. The monoisotopic (exact) mass is 282 g/mol. The van der Waals surface area contributed by atoms with Gasteiger partial charge in [0.05, 0.1) is 5.56 Å². The highest BCUT2D eigenvalue weighted by molar-refractivity contribution is 6.01. The molecule has 1 aliphatic rings. The summed E-state index contributed by atoms with van der Waals surface area (Å²) in [5.74, 6) is -0.352. The van der Waals surface area contributed by atoms with Gasteiger partial charge in [0.2, 0.25) is 0 Å². The number of nitrogens with one attached hydrogen (secondary N) is 1. The van der Waals surface area contributed by atoms with Crippen molar-refractivity contribution in [2.75, 3.05) is 11.9 Å². The first-order valence-electron chi connectivity index (χ1n) is 6.73. The van der Waals surface area contributed by atoms with Crippen molar-refractivity contribution >= 4 is 11.6 Å². The minimum absolute atomic E-state index is 0.0569. The van der Waals surface area contributed by atoms with E-state index in [4.69, 9.17) is 0 Å². The van der Waals surface area contributed by atoms with Gasteiger partial charge in [-0.25, -0.2) is 4.39 Å². The Morgan fingerprint density at radius 2 is 1.90 bits per heavy atom. The van der Waals surface area contributed by atoms with E-state index in [1.165, 1.54) is 12.1 Å². The molecule has 0 radical (unpaired) electrons. The van der Waals surface area contributed by atoms with Crippen LogP contribution in [0.1, 0.15) is 22.1 Å². The van der Waals surface area contributed by atoms with Gasteiger partial charge in [0.15, 0.2) is 0 Å². The zero-order valence-corrected chi connectivity index (χ0v) is 11.4. The van der Waals surface area contributed by atoms with Crippen LogP contribution in [-0.2, 0) is 0 Å². The molecule has 1 heterocycles. The van der Waals surface area contributed by atoms with Gasteiger partial charge in [-0.15, -0.1) is 6.58 Å². The van der Waals surface area contributed by atoms with Gasteiger partial charge in [0.25, 0.3) is 5.91 Å². The summed E-state index contributed by atoms with van der Waals surface area (Å²) in [5, 5.41) is 3.33. The van der Waals surface area contributed by atoms with Crippen molar-refractivity contribution in [3.8, 4) is 0 Å². The Morgan fingerprint density at radius 3 is 2.62 bits per heavy atom. The van der Waals surface area contributed by atoms with Crippen LogP contribution in [0, 0.1) is 5.82 Å². The van der Waals surface area contributed by atoms with E-state index < -0.39 is 0 Å². The Bertz CT molecular complexity index is 681. The van der Waals surface area contributed by atoms with Crippen LogP contribution in [0.3, 0.4) is 0 Å². The van der Waals surface area contributed by atoms with Gasteiger partial charge in [-0.3, -0.25) is 4.79 Å². The topological polar surface area (TPSA) is 32.3 Å². The van der Waals surface area contributed by atoms with Gasteiger partial charge in [-0.05, 0) is 29.8 Å². The largest absolute Gasteiger partial charge is 0.361 e. The van der Waals surface area contributed by atoms with Crippen LogP contribution in [0.5, 0.6) is 0 Å². The average molecular weight is 282 g/mol. The number of amides is 1. The number of anilines is 1. The lowest BCUT2D eigenvalue weighted by molar-refractivity contribution is 0.0707. The summed E-state index contributed by atoms with van der Waals surface area (Å²) in [7, 11) is 0. The molecule has 1 unspecified atom stereocenters. The molecule has 21 heavy (non-hydrogen) atoms. The van der Waals surface area contributed by atoms with Crippen LogP contribution in [0.4, 0.5) is 10.1 Å². The number of carbonyl (C=O) groups excluding carboxylic acids is 1. The number of hydrogen-bond donors (Lipinski definition) is 1. The van der Waals surface area contributed by atoms with Gasteiger partial charge in [-0.2, -0.15) is 0 Å². The molecule has 0 spiro atoms. The van der Waals surface area contributed by atoms with Gasteiger partial charge in [-0.1, -0.05) is 30.3 Å². The molecule has 0 aliphatic carbocycles. The third kappa shape index (κ3) is 2.40. The highest BCUT2D eigenvalue weighted by Gasteiger charge is 2.31. The lowest BCUT2D eigenvalue weighted by Gasteiger charge is -2.37. The number of nitrogens with zero attached hydrogens (tertiary/aromatic N) is 1. The van der Waals surface area contributed by atoms with Gasteiger partial charge in [0, 0.05) is 12.2 Å². The fraction of sp³-hybridized carbons (Fsp3) is 0.118. The van der Waals surface area contributed by atoms with Crippen LogP contribution in [-0.4, -0.2) is 17.4 Å². The zero-order chi connectivity index (χ0) is 14.8. The molecule has 0 bridgehead atoms. The van der Waals surface area contributed by atoms with E-state index in [1.54, 1.807) is 29.2 Å².